The third-order valence-electron chi connectivity index (χ3n) is 12.7. The fraction of sp³-hybridized carbons (Fsp3) is 0.415. The van der Waals surface area contributed by atoms with Crippen LogP contribution in [0, 0.1) is 0 Å². The summed E-state index contributed by atoms with van der Waals surface area (Å²) in [6.45, 7) is 13.9. The van der Waals surface area contributed by atoms with E-state index in [0.29, 0.717) is 17.4 Å². The van der Waals surface area contributed by atoms with Crippen molar-refractivity contribution in [2.24, 2.45) is 5.73 Å². The lowest BCUT2D eigenvalue weighted by atomic mass is 9.90. The Bertz CT molecular complexity index is 2180. The Morgan fingerprint density at radius 2 is 1.22 bits per heavy atom. The lowest BCUT2D eigenvalue weighted by Gasteiger charge is -2.39. The van der Waals surface area contributed by atoms with E-state index >= 15 is 0 Å². The maximum Gasteiger partial charge on any atom is 0.315 e. The van der Waals surface area contributed by atoms with Gasteiger partial charge in [-0.05, 0) is 106 Å². The highest BCUT2D eigenvalue weighted by molar-refractivity contribution is 5.79. The van der Waals surface area contributed by atoms with E-state index in [9.17, 15) is 9.90 Å². The van der Waals surface area contributed by atoms with Crippen molar-refractivity contribution in [3.05, 3.63) is 168 Å². The minimum atomic E-state index is -1.06. The quantitative estimate of drug-likeness (QED) is 0.0682. The molecular formula is C53H68N8O3. The molecule has 4 N–H and O–H groups in total. The molecule has 0 aliphatic carbocycles. The molecule has 2 aliphatic rings. The van der Waals surface area contributed by atoms with Crippen molar-refractivity contribution in [2.45, 2.75) is 76.0 Å². The largest absolute Gasteiger partial charge is 0.481 e. The fourth-order valence-electron chi connectivity index (χ4n) is 8.74. The molecule has 0 radical (unpaired) electrons. The summed E-state index contributed by atoms with van der Waals surface area (Å²) >= 11 is 0. The van der Waals surface area contributed by atoms with Gasteiger partial charge < -0.3 is 30.7 Å². The SMILES string of the molecule is CC(C)(C(=O)O)c1cn2nc(NCCCCN3CCC(OC(c4ccccc4)c4ccccc4)CC3)ccc2n1.NCCCCN1CCN(C(c2ccccc2)c2ccccc2)CC1. The first kappa shape index (κ1) is 46.6. The zero-order valence-corrected chi connectivity index (χ0v) is 37.8. The number of nitrogens with zero attached hydrogens (tertiary/aromatic N) is 6. The van der Waals surface area contributed by atoms with Crippen LogP contribution in [0.15, 0.2) is 140 Å². The number of nitrogens with one attached hydrogen (secondary N) is 1. The minimum Gasteiger partial charge on any atom is -0.481 e. The Labute approximate surface area is 380 Å². The molecule has 2 fully saturated rings. The third kappa shape index (κ3) is 12.9. The molecule has 8 rings (SSSR count). The summed E-state index contributed by atoms with van der Waals surface area (Å²) in [6, 6.07) is 47.0. The Hall–Kier alpha value is -5.43. The summed E-state index contributed by atoms with van der Waals surface area (Å²) in [4.78, 5) is 23.7. The number of nitrogens with two attached hydrogens (primary N) is 1. The van der Waals surface area contributed by atoms with Crippen LogP contribution in [0.1, 0.15) is 92.5 Å². The number of piperazine rings is 1. The summed E-state index contributed by atoms with van der Waals surface area (Å²) in [6.07, 6.45) is 8.52. The number of likely N-dealkylation sites (tertiary alicyclic amines) is 1. The number of ether oxygens (including phenoxy) is 1. The molecule has 4 heterocycles. The smallest absolute Gasteiger partial charge is 0.315 e. The molecule has 4 aromatic carbocycles. The average molecular weight is 865 g/mol. The number of hydrogen-bond donors (Lipinski definition) is 3. The molecule has 0 spiro atoms. The van der Waals surface area contributed by atoms with Crippen LogP contribution in [0.3, 0.4) is 0 Å². The third-order valence-corrected chi connectivity index (χ3v) is 12.7. The van der Waals surface area contributed by atoms with E-state index in [4.69, 9.17) is 10.5 Å². The fourth-order valence-corrected chi connectivity index (χ4v) is 8.74. The molecule has 2 saturated heterocycles. The average Bonchev–Trinajstić information content (AvgIpc) is 3.78. The van der Waals surface area contributed by atoms with Gasteiger partial charge in [0.25, 0.3) is 0 Å². The molecule has 64 heavy (non-hydrogen) atoms. The second kappa shape index (κ2) is 23.5. The first-order valence-corrected chi connectivity index (χ1v) is 23.4. The maximum atomic E-state index is 11.6. The van der Waals surface area contributed by atoms with E-state index in [1.54, 1.807) is 24.6 Å². The van der Waals surface area contributed by atoms with Gasteiger partial charge in [-0.3, -0.25) is 9.69 Å². The predicted molar refractivity (Wildman–Crippen MR) is 258 cm³/mol. The van der Waals surface area contributed by atoms with E-state index < -0.39 is 11.4 Å². The van der Waals surface area contributed by atoms with Gasteiger partial charge in [-0.25, -0.2) is 9.50 Å². The number of piperidine rings is 1. The molecule has 2 aliphatic heterocycles. The number of imidazole rings is 1. The van der Waals surface area contributed by atoms with E-state index in [-0.39, 0.29) is 12.2 Å². The van der Waals surface area contributed by atoms with Crippen LogP contribution in [0.25, 0.3) is 5.65 Å². The van der Waals surface area contributed by atoms with E-state index in [1.165, 1.54) is 35.2 Å². The van der Waals surface area contributed by atoms with Crippen molar-refractivity contribution in [1.82, 2.24) is 29.3 Å². The van der Waals surface area contributed by atoms with Gasteiger partial charge in [-0.1, -0.05) is 121 Å². The topological polar surface area (TPSA) is 124 Å². The molecule has 11 nitrogen and oxygen atoms in total. The highest BCUT2D eigenvalue weighted by Crippen LogP contribution is 2.31. The Morgan fingerprint density at radius 1 is 0.703 bits per heavy atom. The highest BCUT2D eigenvalue weighted by atomic mass is 16.5. The number of carboxylic acid groups (broad SMARTS) is 1. The molecule has 0 atom stereocenters. The standard InChI is InChI=1S/C32H39N5O3.C21H29N3/c1-32(2,31(38)39)27-23-37-29(34-27)16-15-28(35-37)33-19-9-10-20-36-21-17-26(18-22-36)40-30(24-11-5-3-6-12-24)25-13-7-4-8-14-25;22-13-7-8-14-23-15-17-24(18-16-23)21(19-9-3-1-4-10-19)20-11-5-2-6-12-20/h3-8,11-16,23,26,30H,9-10,17-22H2,1-2H3,(H,33,35)(H,38,39);1-6,9-12,21H,7-8,13-18,22H2. The van der Waals surface area contributed by atoms with Gasteiger partial charge in [0, 0.05) is 45.8 Å². The molecule has 11 heteroatoms. The molecule has 0 bridgehead atoms. The number of carbonyl (C=O) groups is 1. The van der Waals surface area contributed by atoms with E-state index in [2.05, 4.69) is 151 Å². The second-order valence-electron chi connectivity index (χ2n) is 17.7. The number of aliphatic carboxylic acids is 1. The number of benzene rings is 4. The van der Waals surface area contributed by atoms with Gasteiger partial charge in [0.15, 0.2) is 5.65 Å². The molecule has 0 saturated carbocycles. The van der Waals surface area contributed by atoms with E-state index in [0.717, 1.165) is 96.8 Å². The first-order chi connectivity index (χ1) is 31.3. The van der Waals surface area contributed by atoms with Crippen molar-refractivity contribution < 1.29 is 14.6 Å². The van der Waals surface area contributed by atoms with Gasteiger partial charge in [0.2, 0.25) is 0 Å². The van der Waals surface area contributed by atoms with Crippen molar-refractivity contribution in [3.63, 3.8) is 0 Å². The van der Waals surface area contributed by atoms with Crippen LogP contribution in [0.5, 0.6) is 0 Å². The zero-order valence-electron chi connectivity index (χ0n) is 37.8. The normalized spacial score (nSPS) is 15.6. The summed E-state index contributed by atoms with van der Waals surface area (Å²) < 4.78 is 8.33. The second-order valence-corrected chi connectivity index (χ2v) is 17.7. The van der Waals surface area contributed by atoms with Gasteiger partial charge in [0.05, 0.1) is 24.0 Å². The molecule has 6 aromatic rings. The van der Waals surface area contributed by atoms with Crippen LogP contribution < -0.4 is 11.1 Å². The van der Waals surface area contributed by atoms with Crippen LogP contribution in [0.4, 0.5) is 5.82 Å². The van der Waals surface area contributed by atoms with E-state index in [1.807, 2.05) is 12.1 Å². The molecular weight excluding hydrogens is 797 g/mol. The van der Waals surface area contributed by atoms with Crippen molar-refractivity contribution in [3.8, 4) is 0 Å². The summed E-state index contributed by atoms with van der Waals surface area (Å²) in [5, 5.41) is 17.4. The number of hydrogen-bond acceptors (Lipinski definition) is 9. The Kier molecular flexibility index (Phi) is 17.1. The zero-order chi connectivity index (χ0) is 44.6. The van der Waals surface area contributed by atoms with Gasteiger partial charge in [-0.2, -0.15) is 0 Å². The molecule has 0 unspecified atom stereocenters. The monoisotopic (exact) mass is 865 g/mol. The first-order valence-electron chi connectivity index (χ1n) is 23.4. The minimum absolute atomic E-state index is 0.0320. The van der Waals surface area contributed by atoms with Crippen LogP contribution in [-0.2, 0) is 14.9 Å². The summed E-state index contributed by atoms with van der Waals surface area (Å²) in [5.74, 6) is -0.150. The number of carboxylic acids is 1. The number of anilines is 1. The van der Waals surface area contributed by atoms with Crippen molar-refractivity contribution in [2.75, 3.05) is 70.8 Å². The Balaban J connectivity index is 0.000000217. The lowest BCUT2D eigenvalue weighted by Crippen LogP contribution is -2.48. The van der Waals surface area contributed by atoms with Crippen molar-refractivity contribution >= 4 is 17.4 Å². The number of fused-ring (bicyclic) bond motifs is 1. The number of aromatic nitrogens is 3. The molecule has 2 aromatic heterocycles. The van der Waals surface area contributed by atoms with Crippen LogP contribution in [-0.4, -0.2) is 112 Å². The highest BCUT2D eigenvalue weighted by Gasteiger charge is 2.32. The summed E-state index contributed by atoms with van der Waals surface area (Å²) in [5.41, 5.74) is 10.9. The number of unbranched alkanes of at least 4 members (excludes halogenated alkanes) is 2. The number of rotatable bonds is 19. The summed E-state index contributed by atoms with van der Waals surface area (Å²) in [7, 11) is 0. The van der Waals surface area contributed by atoms with Gasteiger partial charge in [-0.15, -0.1) is 5.10 Å². The molecule has 338 valence electrons. The van der Waals surface area contributed by atoms with Gasteiger partial charge in [0.1, 0.15) is 17.3 Å². The maximum absolute atomic E-state index is 11.6. The Morgan fingerprint density at radius 3 is 1.75 bits per heavy atom. The molecule has 0 amide bonds. The van der Waals surface area contributed by atoms with Crippen LogP contribution >= 0.6 is 0 Å². The van der Waals surface area contributed by atoms with Gasteiger partial charge >= 0.3 is 5.97 Å². The predicted octanol–water partition coefficient (Wildman–Crippen LogP) is 8.69. The lowest BCUT2D eigenvalue weighted by molar-refractivity contribution is -0.142. The van der Waals surface area contributed by atoms with Crippen LogP contribution in [0.2, 0.25) is 0 Å². The van der Waals surface area contributed by atoms with Crippen molar-refractivity contribution in [1.29, 1.82) is 0 Å².